The third-order valence-corrected chi connectivity index (χ3v) is 0. The molecule has 0 saturated heterocycles. The molecule has 0 spiro atoms. The predicted octanol–water partition coefficient (Wildman–Crippen LogP) is -2.88. The number of hydrogen-bond donors (Lipinski definition) is 0. The van der Waals surface area contributed by atoms with Gasteiger partial charge in [0.2, 0.25) is 0 Å². The summed E-state index contributed by atoms with van der Waals surface area (Å²) in [5, 5.41) is 0. The van der Waals surface area contributed by atoms with E-state index in [4.69, 9.17) is 6.65 Å². The second-order valence-electron chi connectivity index (χ2n) is 0.0833. The van der Waals surface area contributed by atoms with E-state index in [1.165, 1.54) is 0 Å². The second-order valence-corrected chi connectivity index (χ2v) is 0.344. The smallest absolute Gasteiger partial charge is 0 e. The van der Waals surface area contributed by atoms with Gasteiger partial charge in [-0.05, 0) is 11.0 Å². The van der Waals surface area contributed by atoms with Gasteiger partial charge in [-0.1, -0.05) is 0 Å². The van der Waals surface area contributed by atoms with E-state index in [9.17, 15) is 0 Å². The van der Waals surface area contributed by atoms with Crippen molar-refractivity contribution in [3.05, 3.63) is 0 Å². The Morgan fingerprint density at radius 1 is 1.17 bits per heavy atom. The summed E-state index contributed by atoms with van der Waals surface area (Å²) in [6, 6.07) is 0. The average molecular weight is 233 g/mol. The molecule has 0 saturated carbocycles. The van der Waals surface area contributed by atoms with Crippen LogP contribution in [-0.2, 0) is 51.9 Å². The van der Waals surface area contributed by atoms with Crippen molar-refractivity contribution in [2.45, 2.75) is 0 Å². The van der Waals surface area contributed by atoms with Crippen molar-refractivity contribution in [3.63, 3.8) is 0 Å². The van der Waals surface area contributed by atoms with Gasteiger partial charge in [0.15, 0.2) is 17.4 Å². The molecule has 0 aromatic rings. The Bertz CT molecular complexity index is 34.5. The molecular formula is H7AlO2SiTiZr. The van der Waals surface area contributed by atoms with Crippen LogP contribution in [0.4, 0.5) is 0 Å². The van der Waals surface area contributed by atoms with Crippen LogP contribution >= 0.6 is 0 Å². The molecule has 0 atom stereocenters. The van der Waals surface area contributed by atoms with Crippen LogP contribution in [0.3, 0.4) is 0 Å². The van der Waals surface area contributed by atoms with Gasteiger partial charge in [-0.25, -0.2) is 0 Å². The SMILES string of the molecule is [AlH3].[O]=[Ti]=[O].[SiH4].[Zr]. The van der Waals surface area contributed by atoms with E-state index in [2.05, 4.69) is 0 Å². The first-order valence-electron chi connectivity index (χ1n) is 0.408. The van der Waals surface area contributed by atoms with Crippen molar-refractivity contribution in [3.8, 4) is 0 Å². The second kappa shape index (κ2) is 28.3. The summed E-state index contributed by atoms with van der Waals surface area (Å²) in [5.74, 6) is 0. The Labute approximate surface area is 79.3 Å². The van der Waals surface area contributed by atoms with Gasteiger partial charge < -0.3 is 0 Å². The van der Waals surface area contributed by atoms with Crippen molar-refractivity contribution in [1.82, 2.24) is 0 Å². The van der Waals surface area contributed by atoms with Gasteiger partial charge in [-0.2, -0.15) is 0 Å². The van der Waals surface area contributed by atoms with E-state index >= 15 is 0 Å². The molecule has 0 heterocycles. The number of hydrogen-bond acceptors (Lipinski definition) is 2. The maximum absolute atomic E-state index is 8.50. The molecule has 0 fully saturated rings. The summed E-state index contributed by atoms with van der Waals surface area (Å²) in [7, 11) is 0. The first-order chi connectivity index (χ1) is 1.41. The van der Waals surface area contributed by atoms with Crippen LogP contribution in [0.15, 0.2) is 0 Å². The van der Waals surface area contributed by atoms with Gasteiger partial charge in [0, 0.05) is 26.2 Å². The minimum absolute atomic E-state index is 0. The summed E-state index contributed by atoms with van der Waals surface area (Å²) in [4.78, 5) is 0. The summed E-state index contributed by atoms with van der Waals surface area (Å²) < 4.78 is 17.0. The van der Waals surface area contributed by atoms with E-state index < -0.39 is 19.1 Å². The minimum atomic E-state index is -2.00. The summed E-state index contributed by atoms with van der Waals surface area (Å²) >= 11 is -2.00. The van der Waals surface area contributed by atoms with Crippen LogP contribution in [-0.4, -0.2) is 28.3 Å². The van der Waals surface area contributed by atoms with Crippen LogP contribution in [0.1, 0.15) is 0 Å². The van der Waals surface area contributed by atoms with Crippen LogP contribution in [0, 0.1) is 0 Å². The zero-order chi connectivity index (χ0) is 2.71. The molecule has 2 nitrogen and oxygen atoms in total. The fraction of sp³-hybridized carbons (Fsp3) is 0. The predicted molar refractivity (Wildman–Crippen MR) is 22.6 cm³/mol. The van der Waals surface area contributed by atoms with Gasteiger partial charge >= 0.3 is 25.7 Å². The van der Waals surface area contributed by atoms with E-state index in [0.717, 1.165) is 0 Å². The van der Waals surface area contributed by atoms with Crippen molar-refractivity contribution in [2.24, 2.45) is 0 Å². The molecule has 0 rings (SSSR count). The van der Waals surface area contributed by atoms with Crippen molar-refractivity contribution in [2.75, 3.05) is 0 Å². The zero-order valence-corrected chi connectivity index (χ0v) is 5.84. The molecule has 0 amide bonds. The largest absolute Gasteiger partial charge is 0.0149 e. The molecule has 0 aliphatic heterocycles. The fourth-order valence-electron chi connectivity index (χ4n) is 0. The maximum atomic E-state index is 8.50. The zero-order valence-electron chi connectivity index (χ0n) is 1.82. The van der Waals surface area contributed by atoms with Crippen molar-refractivity contribution in [1.29, 1.82) is 0 Å². The minimum Gasteiger partial charge on any atom is -0.0149 e. The first-order valence-corrected chi connectivity index (χ1v) is 1.68. The molecule has 0 aromatic heterocycles. The Morgan fingerprint density at radius 2 is 1.17 bits per heavy atom. The third-order valence-electron chi connectivity index (χ3n) is 0. The van der Waals surface area contributed by atoms with Gasteiger partial charge in [0.1, 0.15) is 0 Å². The van der Waals surface area contributed by atoms with E-state index in [1.54, 1.807) is 0 Å². The normalized spacial score (nSPS) is 1.33. The average Bonchev–Trinajstić information content (AvgIpc) is 0.918. The van der Waals surface area contributed by atoms with Crippen molar-refractivity contribution < 1.29 is 51.9 Å². The Hall–Kier alpha value is 1.95. The maximum Gasteiger partial charge on any atom is 0 e. The van der Waals surface area contributed by atoms with Gasteiger partial charge in [0.25, 0.3) is 0 Å². The molecule has 0 aromatic carbocycles. The Kier molecular flexibility index (Phi) is 116. The molecule has 0 radical (unpaired) electrons. The van der Waals surface area contributed by atoms with Crippen LogP contribution in [0.25, 0.3) is 0 Å². The van der Waals surface area contributed by atoms with Crippen LogP contribution < -0.4 is 0 Å². The number of rotatable bonds is 0. The first kappa shape index (κ1) is 24.6. The standard InChI is InChI=1S/Al.2O.H4Si.Ti.Zr.3H/h;;;1H4;;;;;. The van der Waals surface area contributed by atoms with Crippen LogP contribution in [0.5, 0.6) is 0 Å². The monoisotopic (exact) mass is 232 g/mol. The Morgan fingerprint density at radius 3 is 1.17 bits per heavy atom. The molecule has 0 aliphatic carbocycles. The molecule has 0 unspecified atom stereocenters. The molecular weight excluding hydrogens is 226 g/mol. The Balaban J connectivity index is -0.00000000667. The molecule has 6 heteroatoms. The third kappa shape index (κ3) is 38.4. The van der Waals surface area contributed by atoms with E-state index in [0.29, 0.717) is 0 Å². The van der Waals surface area contributed by atoms with E-state index in [1.807, 2.05) is 0 Å². The molecule has 6 heavy (non-hydrogen) atoms. The summed E-state index contributed by atoms with van der Waals surface area (Å²) in [6.07, 6.45) is 0. The molecule has 0 N–H and O–H groups in total. The van der Waals surface area contributed by atoms with Crippen LogP contribution in [0.2, 0.25) is 0 Å². The van der Waals surface area contributed by atoms with Crippen molar-refractivity contribution >= 4 is 28.3 Å². The summed E-state index contributed by atoms with van der Waals surface area (Å²) in [6.45, 7) is 0. The van der Waals surface area contributed by atoms with E-state index in [-0.39, 0.29) is 54.5 Å². The fourth-order valence-corrected chi connectivity index (χ4v) is 0. The topological polar surface area (TPSA) is 34.1 Å². The van der Waals surface area contributed by atoms with Gasteiger partial charge in [-0.3, -0.25) is 0 Å². The van der Waals surface area contributed by atoms with Gasteiger partial charge in [-0.15, -0.1) is 0 Å². The molecule has 0 bridgehead atoms. The quantitative estimate of drug-likeness (QED) is 0.421. The van der Waals surface area contributed by atoms with Gasteiger partial charge in [0.05, 0.1) is 0 Å². The molecule has 34 valence electrons. The summed E-state index contributed by atoms with van der Waals surface area (Å²) in [5.41, 5.74) is 0. The molecule has 0 aliphatic rings.